The van der Waals surface area contributed by atoms with Crippen LogP contribution in [0.2, 0.25) is 0 Å². The first kappa shape index (κ1) is 11.6. The fraction of sp³-hybridized carbons (Fsp3) is 0.417. The minimum absolute atomic E-state index is 0.715. The van der Waals surface area contributed by atoms with E-state index < -0.39 is 0 Å². The molecule has 1 heterocycles. The molecule has 2 aromatic rings. The predicted octanol–water partition coefficient (Wildman–Crippen LogP) is 1.87. The number of anilines is 1. The van der Waals surface area contributed by atoms with Gasteiger partial charge in [-0.2, -0.15) is 0 Å². The molecule has 1 N–H and O–H groups in total. The number of tetrazole rings is 1. The minimum atomic E-state index is 0.715. The Morgan fingerprint density at radius 2 is 1.82 bits per heavy atom. The Kier molecular flexibility index (Phi) is 3.69. The number of rotatable bonds is 5. The van der Waals surface area contributed by atoms with Crippen LogP contribution in [0.4, 0.5) is 5.95 Å². The highest BCUT2D eigenvalue weighted by atomic mass is 15.6. The van der Waals surface area contributed by atoms with E-state index in [1.54, 1.807) is 4.68 Å². The van der Waals surface area contributed by atoms with E-state index in [1.807, 2.05) is 6.92 Å². The van der Waals surface area contributed by atoms with Crippen LogP contribution < -0.4 is 5.32 Å². The van der Waals surface area contributed by atoms with Crippen LogP contribution in [-0.4, -0.2) is 20.2 Å². The Morgan fingerprint density at radius 3 is 2.47 bits per heavy atom. The summed E-state index contributed by atoms with van der Waals surface area (Å²) in [6, 6.07) is 8.57. The van der Waals surface area contributed by atoms with Crippen LogP contribution in [0.15, 0.2) is 24.3 Å². The van der Waals surface area contributed by atoms with E-state index in [9.17, 15) is 0 Å². The van der Waals surface area contributed by atoms with Crippen LogP contribution in [-0.2, 0) is 19.5 Å². The summed E-state index contributed by atoms with van der Waals surface area (Å²) in [6.45, 7) is 5.68. The Morgan fingerprint density at radius 1 is 1.12 bits per heavy atom. The molecule has 0 spiro atoms. The van der Waals surface area contributed by atoms with Gasteiger partial charge in [0.2, 0.25) is 5.95 Å². The zero-order valence-corrected chi connectivity index (χ0v) is 10.2. The lowest BCUT2D eigenvalue weighted by Gasteiger charge is -2.06. The van der Waals surface area contributed by atoms with Crippen molar-refractivity contribution in [2.24, 2.45) is 0 Å². The monoisotopic (exact) mass is 231 g/mol. The van der Waals surface area contributed by atoms with E-state index in [2.05, 4.69) is 52.0 Å². The summed E-state index contributed by atoms with van der Waals surface area (Å²) < 4.78 is 1.74. The van der Waals surface area contributed by atoms with Gasteiger partial charge in [0.15, 0.2) is 0 Å². The van der Waals surface area contributed by atoms with Gasteiger partial charge in [-0.1, -0.05) is 36.3 Å². The number of hydrogen-bond donors (Lipinski definition) is 1. The average molecular weight is 231 g/mol. The third-order valence-corrected chi connectivity index (χ3v) is 2.71. The standard InChI is InChI=1S/C12H17N5/c1-3-10-5-7-11(8-6-10)9-13-12-14-15-16-17(12)4-2/h5-8H,3-4,9H2,1-2H3,(H,13,14,16). The summed E-state index contributed by atoms with van der Waals surface area (Å²) in [5.74, 6) is 0.715. The van der Waals surface area contributed by atoms with Crippen LogP contribution >= 0.6 is 0 Å². The molecule has 2 rings (SSSR count). The van der Waals surface area contributed by atoms with Crippen molar-refractivity contribution in [1.82, 2.24) is 20.2 Å². The Labute approximate surface area is 101 Å². The fourth-order valence-corrected chi connectivity index (χ4v) is 1.62. The van der Waals surface area contributed by atoms with Crippen LogP contribution in [0.3, 0.4) is 0 Å². The van der Waals surface area contributed by atoms with Gasteiger partial charge in [-0.3, -0.25) is 0 Å². The van der Waals surface area contributed by atoms with Crippen molar-refractivity contribution in [2.45, 2.75) is 33.4 Å². The smallest absolute Gasteiger partial charge is 0.243 e. The zero-order chi connectivity index (χ0) is 12.1. The van der Waals surface area contributed by atoms with Crippen LogP contribution in [0.1, 0.15) is 25.0 Å². The van der Waals surface area contributed by atoms with Crippen molar-refractivity contribution in [1.29, 1.82) is 0 Å². The first-order valence-corrected chi connectivity index (χ1v) is 5.91. The molecule has 90 valence electrons. The van der Waals surface area contributed by atoms with Crippen molar-refractivity contribution in [3.8, 4) is 0 Å². The van der Waals surface area contributed by atoms with Crippen LogP contribution in [0.5, 0.6) is 0 Å². The first-order chi connectivity index (χ1) is 8.33. The molecule has 0 aliphatic carbocycles. The second-order valence-electron chi connectivity index (χ2n) is 3.84. The molecule has 0 saturated carbocycles. The Bertz CT molecular complexity index is 460. The third kappa shape index (κ3) is 2.81. The lowest BCUT2D eigenvalue weighted by atomic mass is 10.1. The molecule has 0 aliphatic rings. The van der Waals surface area contributed by atoms with Crippen molar-refractivity contribution in [3.63, 3.8) is 0 Å². The molecule has 0 amide bonds. The molecule has 0 atom stereocenters. The zero-order valence-electron chi connectivity index (χ0n) is 10.2. The van der Waals surface area contributed by atoms with Crippen molar-refractivity contribution in [2.75, 3.05) is 5.32 Å². The van der Waals surface area contributed by atoms with E-state index >= 15 is 0 Å². The van der Waals surface area contributed by atoms with Gasteiger partial charge in [0.1, 0.15) is 0 Å². The molecule has 0 saturated heterocycles. The average Bonchev–Trinajstić information content (AvgIpc) is 2.84. The number of aryl methyl sites for hydroxylation is 2. The number of nitrogens with one attached hydrogen (secondary N) is 1. The van der Waals surface area contributed by atoms with Crippen molar-refractivity contribution >= 4 is 5.95 Å². The van der Waals surface area contributed by atoms with Crippen LogP contribution in [0, 0.1) is 0 Å². The lowest BCUT2D eigenvalue weighted by Crippen LogP contribution is -2.07. The molecule has 5 heteroatoms. The highest BCUT2D eigenvalue weighted by Crippen LogP contribution is 2.07. The number of aromatic nitrogens is 4. The van der Waals surface area contributed by atoms with Gasteiger partial charge in [-0.25, -0.2) is 4.68 Å². The largest absolute Gasteiger partial charge is 0.349 e. The molecule has 0 unspecified atom stereocenters. The highest BCUT2D eigenvalue weighted by molar-refractivity contribution is 5.28. The SMILES string of the molecule is CCc1ccc(CNc2nnnn2CC)cc1. The Hall–Kier alpha value is -1.91. The van der Waals surface area contributed by atoms with Crippen molar-refractivity contribution in [3.05, 3.63) is 35.4 Å². The van der Waals surface area contributed by atoms with Gasteiger partial charge in [-0.15, -0.1) is 0 Å². The predicted molar refractivity (Wildman–Crippen MR) is 66.6 cm³/mol. The van der Waals surface area contributed by atoms with Gasteiger partial charge in [0, 0.05) is 13.1 Å². The molecule has 1 aromatic carbocycles. The summed E-state index contributed by atoms with van der Waals surface area (Å²) in [6.07, 6.45) is 1.07. The molecule has 5 nitrogen and oxygen atoms in total. The topological polar surface area (TPSA) is 55.6 Å². The number of benzene rings is 1. The molecule has 1 aromatic heterocycles. The molecule has 0 aliphatic heterocycles. The summed E-state index contributed by atoms with van der Waals surface area (Å²) in [5.41, 5.74) is 2.58. The minimum Gasteiger partial charge on any atom is -0.349 e. The molecule has 0 radical (unpaired) electrons. The fourth-order valence-electron chi connectivity index (χ4n) is 1.62. The molecule has 17 heavy (non-hydrogen) atoms. The Balaban J connectivity index is 1.97. The van der Waals surface area contributed by atoms with E-state index in [0.29, 0.717) is 5.95 Å². The summed E-state index contributed by atoms with van der Waals surface area (Å²) in [4.78, 5) is 0. The maximum absolute atomic E-state index is 3.93. The van der Waals surface area contributed by atoms with Gasteiger partial charge < -0.3 is 5.32 Å². The normalized spacial score (nSPS) is 10.5. The van der Waals surface area contributed by atoms with E-state index in [4.69, 9.17) is 0 Å². The van der Waals surface area contributed by atoms with Gasteiger partial charge in [0.05, 0.1) is 0 Å². The maximum Gasteiger partial charge on any atom is 0.243 e. The van der Waals surface area contributed by atoms with Crippen molar-refractivity contribution < 1.29 is 0 Å². The van der Waals surface area contributed by atoms with Gasteiger partial charge in [-0.05, 0) is 34.9 Å². The second-order valence-corrected chi connectivity index (χ2v) is 3.84. The lowest BCUT2D eigenvalue weighted by molar-refractivity contribution is 0.629. The quantitative estimate of drug-likeness (QED) is 0.853. The summed E-state index contributed by atoms with van der Waals surface area (Å²) in [7, 11) is 0. The second kappa shape index (κ2) is 5.43. The highest BCUT2D eigenvalue weighted by Gasteiger charge is 2.02. The van der Waals surface area contributed by atoms with E-state index in [-0.39, 0.29) is 0 Å². The number of nitrogens with zero attached hydrogens (tertiary/aromatic N) is 4. The molecule has 0 bridgehead atoms. The molecular weight excluding hydrogens is 214 g/mol. The van der Waals surface area contributed by atoms with Gasteiger partial charge in [0.25, 0.3) is 0 Å². The molecule has 0 fully saturated rings. The van der Waals surface area contributed by atoms with Gasteiger partial charge >= 0.3 is 0 Å². The maximum atomic E-state index is 3.93. The third-order valence-electron chi connectivity index (χ3n) is 2.71. The summed E-state index contributed by atoms with van der Waals surface area (Å²) in [5, 5.41) is 14.7. The molecular formula is C12H17N5. The first-order valence-electron chi connectivity index (χ1n) is 5.91. The van der Waals surface area contributed by atoms with Crippen LogP contribution in [0.25, 0.3) is 0 Å². The van der Waals surface area contributed by atoms with E-state index in [1.165, 1.54) is 11.1 Å². The summed E-state index contributed by atoms with van der Waals surface area (Å²) >= 11 is 0. The number of hydrogen-bond acceptors (Lipinski definition) is 4. The van der Waals surface area contributed by atoms with E-state index in [0.717, 1.165) is 19.5 Å².